The third-order valence-corrected chi connectivity index (χ3v) is 7.92. The molecule has 40 heavy (non-hydrogen) atoms. The van der Waals surface area contributed by atoms with Gasteiger partial charge in [0.25, 0.3) is 11.8 Å². The van der Waals surface area contributed by atoms with Crippen LogP contribution in [-0.2, 0) is 43.0 Å². The number of carbonyl (C=O) groups excluding carboxylic acids is 5. The second kappa shape index (κ2) is 18.1. The number of amides is 5. The quantitative estimate of drug-likeness (QED) is 0.0929. The van der Waals surface area contributed by atoms with Crippen LogP contribution in [0.2, 0.25) is 0 Å². The van der Waals surface area contributed by atoms with Gasteiger partial charge in [0.2, 0.25) is 5.91 Å². The van der Waals surface area contributed by atoms with Crippen molar-refractivity contribution in [2.24, 2.45) is 0 Å². The molecule has 0 aromatic carbocycles. The van der Waals surface area contributed by atoms with Crippen LogP contribution in [0.4, 0.5) is 4.79 Å². The zero-order chi connectivity index (χ0) is 28.6. The number of nitrogens with zero attached hydrogens (tertiary/aromatic N) is 1. The van der Waals surface area contributed by atoms with Crippen LogP contribution in [0.5, 0.6) is 0 Å². The van der Waals surface area contributed by atoms with Crippen LogP contribution in [0.15, 0.2) is 0 Å². The second-order valence-corrected chi connectivity index (χ2v) is 10.7. The molecule has 3 heterocycles. The molecule has 0 bridgehead atoms. The molecule has 3 fully saturated rings. The fraction of sp³-hybridized carbons (Fsp3) is 0.800. The maximum absolute atomic E-state index is 12.0. The zero-order valence-corrected chi connectivity index (χ0v) is 23.5. The molecule has 3 atom stereocenters. The van der Waals surface area contributed by atoms with E-state index in [-0.39, 0.29) is 56.5 Å². The largest absolute Gasteiger partial charge is 0.378 e. The number of unbranched alkanes of at least 4 members (excludes halogenated alkanes) is 1. The number of nitrogens with one attached hydrogen (secondary N) is 3. The van der Waals surface area contributed by atoms with Gasteiger partial charge in [-0.3, -0.25) is 14.4 Å². The summed E-state index contributed by atoms with van der Waals surface area (Å²) in [4.78, 5) is 62.5. The van der Waals surface area contributed by atoms with Crippen LogP contribution in [0.1, 0.15) is 44.9 Å². The molecule has 0 radical (unpaired) electrons. The molecule has 0 aliphatic carbocycles. The number of carbonyl (C=O) groups is 5. The van der Waals surface area contributed by atoms with Gasteiger partial charge in [-0.2, -0.15) is 11.8 Å². The van der Waals surface area contributed by atoms with Gasteiger partial charge >= 0.3 is 12.0 Å². The van der Waals surface area contributed by atoms with Crippen molar-refractivity contribution in [2.45, 2.75) is 62.3 Å². The lowest BCUT2D eigenvalue weighted by atomic mass is 10.0. The maximum atomic E-state index is 12.0. The lowest BCUT2D eigenvalue weighted by Crippen LogP contribution is -2.36. The average molecular weight is 589 g/mol. The maximum Gasteiger partial charge on any atom is 0.335 e. The van der Waals surface area contributed by atoms with Crippen molar-refractivity contribution in [3.63, 3.8) is 0 Å². The summed E-state index contributed by atoms with van der Waals surface area (Å²) in [5.74, 6) is -0.764. The predicted molar refractivity (Wildman–Crippen MR) is 142 cm³/mol. The highest BCUT2D eigenvalue weighted by molar-refractivity contribution is 8.00. The highest BCUT2D eigenvalue weighted by Gasteiger charge is 2.42. The van der Waals surface area contributed by atoms with Crippen LogP contribution in [-0.4, -0.2) is 117 Å². The van der Waals surface area contributed by atoms with Crippen molar-refractivity contribution in [3.8, 4) is 0 Å². The highest BCUT2D eigenvalue weighted by Crippen LogP contribution is 2.33. The van der Waals surface area contributed by atoms with E-state index in [9.17, 15) is 24.0 Å². The number of hydrogen-bond acceptors (Lipinski definition) is 11. The molecule has 0 aromatic rings. The average Bonchev–Trinajstić information content (AvgIpc) is 3.58. The summed E-state index contributed by atoms with van der Waals surface area (Å²) < 4.78 is 21.5. The van der Waals surface area contributed by atoms with Crippen LogP contribution in [0, 0.1) is 0 Å². The van der Waals surface area contributed by atoms with Crippen molar-refractivity contribution in [1.29, 1.82) is 0 Å². The molecule has 3 aliphatic rings. The van der Waals surface area contributed by atoms with Gasteiger partial charge in [-0.05, 0) is 12.8 Å². The van der Waals surface area contributed by atoms with Gasteiger partial charge in [0, 0.05) is 36.8 Å². The summed E-state index contributed by atoms with van der Waals surface area (Å²) in [5, 5.41) is 9.71. The topological polar surface area (TPSA) is 171 Å². The Balaban J connectivity index is 1.00. The summed E-state index contributed by atoms with van der Waals surface area (Å²) in [5.41, 5.74) is 0. The van der Waals surface area contributed by atoms with Crippen molar-refractivity contribution in [3.05, 3.63) is 0 Å². The van der Waals surface area contributed by atoms with E-state index in [1.54, 1.807) is 0 Å². The van der Waals surface area contributed by atoms with Gasteiger partial charge in [0.1, 0.15) is 0 Å². The summed E-state index contributed by atoms with van der Waals surface area (Å²) >= 11 is 1.89. The molecular weight excluding hydrogens is 548 g/mol. The molecule has 0 unspecified atom stereocenters. The van der Waals surface area contributed by atoms with E-state index in [1.165, 1.54) is 0 Å². The summed E-state index contributed by atoms with van der Waals surface area (Å²) in [6.45, 7) is 3.17. The highest BCUT2D eigenvalue weighted by atomic mass is 32.2. The Morgan fingerprint density at radius 3 is 2.12 bits per heavy atom. The SMILES string of the molecule is O=C(CCCC[C@@H]1SC[C@@H]2NC(=O)N[C@H]21)NCCOCCOCCOCCOCCC(=O)ON1C(=O)CCC1=O. The van der Waals surface area contributed by atoms with Gasteiger partial charge in [-0.25, -0.2) is 9.59 Å². The first-order valence-electron chi connectivity index (χ1n) is 13.8. The number of thioether (sulfide) groups is 1. The van der Waals surface area contributed by atoms with Crippen molar-refractivity contribution < 1.29 is 47.8 Å². The molecule has 0 aromatic heterocycles. The minimum absolute atomic E-state index is 0.0174. The lowest BCUT2D eigenvalue weighted by Gasteiger charge is -2.16. The number of urea groups is 1. The number of fused-ring (bicyclic) bond motifs is 1. The lowest BCUT2D eigenvalue weighted by molar-refractivity contribution is -0.198. The van der Waals surface area contributed by atoms with Crippen molar-refractivity contribution in [1.82, 2.24) is 21.0 Å². The molecular formula is C25H40N4O10S. The number of hydroxylamine groups is 2. The predicted octanol–water partition coefficient (Wildman–Crippen LogP) is -0.108. The molecule has 3 rings (SSSR count). The molecule has 14 nitrogen and oxygen atoms in total. The Morgan fingerprint density at radius 2 is 1.45 bits per heavy atom. The third-order valence-electron chi connectivity index (χ3n) is 6.41. The molecule has 3 saturated heterocycles. The number of hydrogen-bond donors (Lipinski definition) is 3. The monoisotopic (exact) mass is 588 g/mol. The van der Waals surface area contributed by atoms with Crippen LogP contribution < -0.4 is 16.0 Å². The van der Waals surface area contributed by atoms with E-state index >= 15 is 0 Å². The number of rotatable bonds is 21. The number of ether oxygens (including phenoxy) is 4. The number of imide groups is 1. The van der Waals surface area contributed by atoms with Gasteiger partial charge in [0.05, 0.1) is 71.4 Å². The Morgan fingerprint density at radius 1 is 0.825 bits per heavy atom. The van der Waals surface area contributed by atoms with Gasteiger partial charge in [-0.1, -0.05) is 6.42 Å². The Kier molecular flexibility index (Phi) is 14.5. The molecule has 0 saturated carbocycles. The minimum atomic E-state index is -0.703. The summed E-state index contributed by atoms with van der Waals surface area (Å²) in [6.07, 6.45) is 3.30. The standard InChI is InChI=1S/C25H40N4O10S/c30-20(4-2-1-3-19-24-18(17-40-19)27-25(34)28-24)26-8-10-36-12-14-38-16-15-37-13-11-35-9-7-23(33)39-29-21(31)5-6-22(29)32/h18-19,24H,1-17H2,(H,26,30)(H2,27,28,34)/t18-,19-,24+/m0/s1. The summed E-state index contributed by atoms with van der Waals surface area (Å²) in [6, 6.07) is 0.372. The van der Waals surface area contributed by atoms with E-state index in [2.05, 4.69) is 16.0 Å². The molecule has 0 spiro atoms. The first kappa shape index (κ1) is 32.1. The van der Waals surface area contributed by atoms with E-state index in [1.807, 2.05) is 11.8 Å². The first-order chi connectivity index (χ1) is 19.4. The van der Waals surface area contributed by atoms with E-state index in [4.69, 9.17) is 23.8 Å². The molecule has 3 N–H and O–H groups in total. The van der Waals surface area contributed by atoms with Crippen molar-refractivity contribution in [2.75, 3.05) is 65.2 Å². The molecule has 15 heteroatoms. The van der Waals surface area contributed by atoms with Crippen molar-refractivity contribution >= 4 is 41.5 Å². The molecule has 226 valence electrons. The molecule has 3 aliphatic heterocycles. The van der Waals surface area contributed by atoms with Crippen LogP contribution >= 0.6 is 11.8 Å². The zero-order valence-electron chi connectivity index (χ0n) is 22.7. The fourth-order valence-electron chi connectivity index (χ4n) is 4.35. The van der Waals surface area contributed by atoms with Crippen LogP contribution in [0.3, 0.4) is 0 Å². The van der Waals surface area contributed by atoms with E-state index in [0.717, 1.165) is 25.0 Å². The first-order valence-corrected chi connectivity index (χ1v) is 14.8. The normalized spacial score (nSPS) is 21.9. The van der Waals surface area contributed by atoms with Gasteiger partial charge < -0.3 is 39.7 Å². The Hall–Kier alpha value is -2.46. The summed E-state index contributed by atoms with van der Waals surface area (Å²) in [7, 11) is 0. The van der Waals surface area contributed by atoms with E-state index in [0.29, 0.717) is 62.9 Å². The van der Waals surface area contributed by atoms with Gasteiger partial charge in [0.15, 0.2) is 0 Å². The van der Waals surface area contributed by atoms with Gasteiger partial charge in [-0.15, -0.1) is 5.06 Å². The fourth-order valence-corrected chi connectivity index (χ4v) is 5.89. The molecule has 5 amide bonds. The van der Waals surface area contributed by atoms with Crippen LogP contribution in [0.25, 0.3) is 0 Å². The second-order valence-electron chi connectivity index (χ2n) is 9.46. The Bertz CT molecular complexity index is 847. The smallest absolute Gasteiger partial charge is 0.335 e. The van der Waals surface area contributed by atoms with E-state index < -0.39 is 17.8 Å². The minimum Gasteiger partial charge on any atom is -0.378 e. The third kappa shape index (κ3) is 11.6. The Labute approximate surface area is 237 Å².